The standard InChI is InChI=1S/C10H14N2O6S/c1-3-12-9(14)6(4-19(16,17)18)5(2)7(8(11)13)10(12)15/h15H,3-4H2,1-2H3,(H2,11,13)(H,16,17,18). The van der Waals surface area contributed by atoms with Crippen molar-refractivity contribution in [2.75, 3.05) is 0 Å². The highest BCUT2D eigenvalue weighted by Crippen LogP contribution is 2.22. The molecule has 0 aliphatic heterocycles. The second-order valence-electron chi connectivity index (χ2n) is 3.94. The first kappa shape index (κ1) is 15.2. The van der Waals surface area contributed by atoms with Crippen LogP contribution in [0, 0.1) is 6.92 Å². The molecule has 9 heteroatoms. The lowest BCUT2D eigenvalue weighted by Crippen LogP contribution is -2.30. The number of hydrogen-bond acceptors (Lipinski definition) is 5. The number of primary amides is 1. The van der Waals surface area contributed by atoms with Gasteiger partial charge in [0.2, 0.25) is 5.88 Å². The van der Waals surface area contributed by atoms with Crippen molar-refractivity contribution < 1.29 is 22.9 Å². The smallest absolute Gasteiger partial charge is 0.269 e. The second kappa shape index (κ2) is 5.02. The van der Waals surface area contributed by atoms with Crippen molar-refractivity contribution in [1.29, 1.82) is 0 Å². The quantitative estimate of drug-likeness (QED) is 0.631. The summed E-state index contributed by atoms with van der Waals surface area (Å²) >= 11 is 0. The van der Waals surface area contributed by atoms with E-state index in [1.807, 2.05) is 0 Å². The van der Waals surface area contributed by atoms with Gasteiger partial charge < -0.3 is 10.8 Å². The molecular weight excluding hydrogens is 276 g/mol. The van der Waals surface area contributed by atoms with E-state index in [-0.39, 0.29) is 23.2 Å². The maximum atomic E-state index is 12.0. The van der Waals surface area contributed by atoms with Gasteiger partial charge in [0, 0.05) is 12.1 Å². The molecule has 0 radical (unpaired) electrons. The maximum absolute atomic E-state index is 12.0. The Morgan fingerprint density at radius 1 is 1.42 bits per heavy atom. The molecule has 0 unspecified atom stereocenters. The van der Waals surface area contributed by atoms with Gasteiger partial charge in [-0.05, 0) is 19.4 Å². The zero-order valence-corrected chi connectivity index (χ0v) is 11.2. The summed E-state index contributed by atoms with van der Waals surface area (Å²) in [6.07, 6.45) is 0. The van der Waals surface area contributed by atoms with Crippen molar-refractivity contribution in [3.63, 3.8) is 0 Å². The molecule has 0 fully saturated rings. The molecule has 106 valence electrons. The van der Waals surface area contributed by atoms with Gasteiger partial charge in [0.15, 0.2) is 0 Å². The number of pyridine rings is 1. The van der Waals surface area contributed by atoms with Crippen LogP contribution in [0.1, 0.15) is 28.4 Å². The minimum atomic E-state index is -4.45. The van der Waals surface area contributed by atoms with E-state index in [1.165, 1.54) is 13.8 Å². The number of aromatic nitrogens is 1. The Hall–Kier alpha value is -1.87. The topological polar surface area (TPSA) is 140 Å². The minimum Gasteiger partial charge on any atom is -0.494 e. The van der Waals surface area contributed by atoms with Crippen molar-refractivity contribution in [2.24, 2.45) is 5.73 Å². The van der Waals surface area contributed by atoms with E-state index in [0.717, 1.165) is 4.57 Å². The summed E-state index contributed by atoms with van der Waals surface area (Å²) in [5, 5.41) is 9.79. The van der Waals surface area contributed by atoms with Crippen molar-refractivity contribution in [1.82, 2.24) is 4.57 Å². The number of amides is 1. The summed E-state index contributed by atoms with van der Waals surface area (Å²) in [7, 11) is -4.45. The van der Waals surface area contributed by atoms with Crippen LogP contribution in [0.2, 0.25) is 0 Å². The lowest BCUT2D eigenvalue weighted by molar-refractivity contribution is 0.0995. The number of nitrogens with zero attached hydrogens (tertiary/aromatic N) is 1. The molecule has 0 bridgehead atoms. The average Bonchev–Trinajstić information content (AvgIpc) is 2.23. The highest BCUT2D eigenvalue weighted by molar-refractivity contribution is 7.85. The molecule has 0 spiro atoms. The molecule has 1 aromatic rings. The Morgan fingerprint density at radius 2 is 1.95 bits per heavy atom. The van der Waals surface area contributed by atoms with Gasteiger partial charge >= 0.3 is 0 Å². The zero-order valence-electron chi connectivity index (χ0n) is 10.4. The SMILES string of the molecule is CCn1c(O)c(C(N)=O)c(C)c(CS(=O)(=O)O)c1=O. The molecule has 0 saturated heterocycles. The summed E-state index contributed by atoms with van der Waals surface area (Å²) < 4.78 is 31.4. The van der Waals surface area contributed by atoms with Crippen molar-refractivity contribution in [3.8, 4) is 5.88 Å². The van der Waals surface area contributed by atoms with E-state index >= 15 is 0 Å². The van der Waals surface area contributed by atoms with Crippen molar-refractivity contribution in [2.45, 2.75) is 26.1 Å². The fraction of sp³-hybridized carbons (Fsp3) is 0.400. The van der Waals surface area contributed by atoms with Crippen LogP contribution in [-0.2, 0) is 22.4 Å². The molecule has 1 heterocycles. The third-order valence-corrected chi connectivity index (χ3v) is 3.35. The van der Waals surface area contributed by atoms with Gasteiger partial charge in [-0.3, -0.25) is 18.7 Å². The van der Waals surface area contributed by atoms with Crippen LogP contribution in [0.3, 0.4) is 0 Å². The number of rotatable bonds is 4. The number of carbonyl (C=O) groups is 1. The van der Waals surface area contributed by atoms with Gasteiger partial charge in [0.25, 0.3) is 21.6 Å². The summed E-state index contributed by atoms with van der Waals surface area (Å²) in [6.45, 7) is 2.82. The monoisotopic (exact) mass is 290 g/mol. The van der Waals surface area contributed by atoms with Crippen LogP contribution in [-0.4, -0.2) is 28.6 Å². The van der Waals surface area contributed by atoms with Crippen LogP contribution in [0.25, 0.3) is 0 Å². The van der Waals surface area contributed by atoms with Gasteiger partial charge in [0.05, 0.1) is 0 Å². The first-order valence-electron chi connectivity index (χ1n) is 5.30. The number of aromatic hydroxyl groups is 1. The summed E-state index contributed by atoms with van der Waals surface area (Å²) in [6, 6.07) is 0. The van der Waals surface area contributed by atoms with Crippen LogP contribution in [0.15, 0.2) is 4.79 Å². The van der Waals surface area contributed by atoms with Crippen molar-refractivity contribution in [3.05, 3.63) is 27.0 Å². The van der Waals surface area contributed by atoms with Crippen LogP contribution < -0.4 is 11.3 Å². The average molecular weight is 290 g/mol. The third-order valence-electron chi connectivity index (χ3n) is 2.70. The third kappa shape index (κ3) is 2.93. The molecule has 0 aliphatic carbocycles. The zero-order chi connectivity index (χ0) is 15.0. The molecule has 0 atom stereocenters. The van der Waals surface area contributed by atoms with E-state index in [2.05, 4.69) is 0 Å². The number of carbonyl (C=O) groups excluding carboxylic acids is 1. The fourth-order valence-electron chi connectivity index (χ4n) is 1.81. The largest absolute Gasteiger partial charge is 0.494 e. The molecule has 19 heavy (non-hydrogen) atoms. The molecule has 1 amide bonds. The van der Waals surface area contributed by atoms with Crippen molar-refractivity contribution >= 4 is 16.0 Å². The van der Waals surface area contributed by atoms with E-state index in [1.54, 1.807) is 0 Å². The maximum Gasteiger partial charge on any atom is 0.269 e. The minimum absolute atomic E-state index is 0.0176. The molecular formula is C10H14N2O6S. The molecule has 8 nitrogen and oxygen atoms in total. The van der Waals surface area contributed by atoms with E-state index in [0.29, 0.717) is 0 Å². The molecule has 1 aromatic heterocycles. The van der Waals surface area contributed by atoms with Crippen LogP contribution in [0.4, 0.5) is 0 Å². The summed E-state index contributed by atoms with van der Waals surface area (Å²) in [4.78, 5) is 23.2. The highest BCUT2D eigenvalue weighted by atomic mass is 32.2. The molecule has 0 aromatic carbocycles. The lowest BCUT2D eigenvalue weighted by Gasteiger charge is -2.14. The van der Waals surface area contributed by atoms with Gasteiger partial charge in [-0.25, -0.2) is 0 Å². The summed E-state index contributed by atoms with van der Waals surface area (Å²) in [5.74, 6) is -2.55. The molecule has 1 rings (SSSR count). The Labute approximate surface area is 109 Å². The number of hydrogen-bond donors (Lipinski definition) is 3. The van der Waals surface area contributed by atoms with Crippen LogP contribution in [0.5, 0.6) is 5.88 Å². The van der Waals surface area contributed by atoms with E-state index < -0.39 is 33.2 Å². The van der Waals surface area contributed by atoms with Gasteiger partial charge in [-0.2, -0.15) is 8.42 Å². The van der Waals surface area contributed by atoms with Gasteiger partial charge in [0.1, 0.15) is 11.3 Å². The predicted molar refractivity (Wildman–Crippen MR) is 66.5 cm³/mol. The van der Waals surface area contributed by atoms with E-state index in [4.69, 9.17) is 10.3 Å². The first-order valence-corrected chi connectivity index (χ1v) is 6.91. The Balaban J connectivity index is 3.78. The molecule has 0 saturated carbocycles. The normalized spacial score (nSPS) is 11.5. The molecule has 0 aliphatic rings. The Kier molecular flexibility index (Phi) is 4.01. The van der Waals surface area contributed by atoms with Crippen LogP contribution >= 0.6 is 0 Å². The second-order valence-corrected chi connectivity index (χ2v) is 5.39. The van der Waals surface area contributed by atoms with E-state index in [9.17, 15) is 23.1 Å². The fourth-order valence-corrected chi connectivity index (χ4v) is 2.52. The first-order chi connectivity index (χ1) is 8.60. The van der Waals surface area contributed by atoms with Gasteiger partial charge in [-0.15, -0.1) is 0 Å². The van der Waals surface area contributed by atoms with Gasteiger partial charge in [-0.1, -0.05) is 0 Å². The Morgan fingerprint density at radius 3 is 2.32 bits per heavy atom. The predicted octanol–water partition coefficient (Wildman–Crippen LogP) is -0.631. The highest BCUT2D eigenvalue weighted by Gasteiger charge is 2.24. The molecule has 4 N–H and O–H groups in total. The number of nitrogens with two attached hydrogens (primary N) is 1. The Bertz CT molecular complexity index is 689. The lowest BCUT2D eigenvalue weighted by atomic mass is 10.1. The summed E-state index contributed by atoms with van der Waals surface area (Å²) in [5.41, 5.74) is 3.62.